The molecular formula is C18H29NO2. The Morgan fingerprint density at radius 3 is 2.62 bits per heavy atom. The molecule has 1 aromatic rings. The minimum atomic E-state index is 0.143. The first-order chi connectivity index (χ1) is 9.95. The van der Waals surface area contributed by atoms with Crippen LogP contribution in [-0.4, -0.2) is 31.4 Å². The van der Waals surface area contributed by atoms with Gasteiger partial charge in [-0.15, -0.1) is 0 Å². The molecule has 1 N–H and O–H groups in total. The van der Waals surface area contributed by atoms with Crippen LogP contribution in [-0.2, 0) is 10.2 Å². The van der Waals surface area contributed by atoms with Gasteiger partial charge < -0.3 is 14.8 Å². The van der Waals surface area contributed by atoms with E-state index in [1.54, 1.807) is 0 Å². The van der Waals surface area contributed by atoms with Gasteiger partial charge in [0.1, 0.15) is 18.0 Å². The molecule has 0 spiro atoms. The Morgan fingerprint density at radius 1 is 1.24 bits per heavy atom. The topological polar surface area (TPSA) is 30.5 Å². The van der Waals surface area contributed by atoms with Crippen LogP contribution >= 0.6 is 0 Å². The highest BCUT2D eigenvalue weighted by Gasteiger charge is 2.43. The summed E-state index contributed by atoms with van der Waals surface area (Å²) in [5, 5.41) is 3.46. The van der Waals surface area contributed by atoms with Gasteiger partial charge >= 0.3 is 0 Å². The third-order valence-corrected chi connectivity index (χ3v) is 4.06. The number of likely N-dealkylation sites (N-methyl/N-ethyl adjacent to an activating group) is 1. The summed E-state index contributed by atoms with van der Waals surface area (Å²) >= 11 is 0. The molecule has 3 unspecified atom stereocenters. The molecule has 0 bridgehead atoms. The summed E-state index contributed by atoms with van der Waals surface area (Å²) in [6, 6.07) is 8.86. The van der Waals surface area contributed by atoms with Gasteiger partial charge in [-0.1, -0.05) is 39.8 Å². The second-order valence-electron chi connectivity index (χ2n) is 6.75. The molecular weight excluding hydrogens is 262 g/mol. The van der Waals surface area contributed by atoms with E-state index in [2.05, 4.69) is 51.2 Å². The quantitative estimate of drug-likeness (QED) is 0.870. The van der Waals surface area contributed by atoms with Gasteiger partial charge in [-0.2, -0.15) is 0 Å². The zero-order valence-electron chi connectivity index (χ0n) is 14.0. The number of rotatable bonds is 6. The van der Waals surface area contributed by atoms with Gasteiger partial charge in [0.15, 0.2) is 0 Å². The second kappa shape index (κ2) is 6.80. The summed E-state index contributed by atoms with van der Waals surface area (Å²) in [6.07, 6.45) is 1.33. The molecule has 0 heterocycles. The van der Waals surface area contributed by atoms with Crippen molar-refractivity contribution in [3.63, 3.8) is 0 Å². The minimum Gasteiger partial charge on any atom is -0.488 e. The van der Waals surface area contributed by atoms with Crippen LogP contribution in [0.5, 0.6) is 5.75 Å². The maximum atomic E-state index is 6.16. The highest BCUT2D eigenvalue weighted by atomic mass is 16.5. The van der Waals surface area contributed by atoms with Gasteiger partial charge in [-0.25, -0.2) is 0 Å². The van der Waals surface area contributed by atoms with Crippen LogP contribution in [0.3, 0.4) is 0 Å². The van der Waals surface area contributed by atoms with E-state index in [1.165, 1.54) is 5.56 Å². The lowest BCUT2D eigenvalue weighted by Crippen LogP contribution is -2.61. The van der Waals surface area contributed by atoms with E-state index in [4.69, 9.17) is 9.47 Å². The first kappa shape index (κ1) is 16.3. The first-order valence-corrected chi connectivity index (χ1v) is 8.08. The number of ether oxygens (including phenoxy) is 2. The molecule has 2 rings (SSSR count). The average Bonchev–Trinajstić information content (AvgIpc) is 2.43. The Kier molecular flexibility index (Phi) is 5.28. The second-order valence-corrected chi connectivity index (χ2v) is 6.75. The van der Waals surface area contributed by atoms with Crippen LogP contribution in [0.15, 0.2) is 24.3 Å². The van der Waals surface area contributed by atoms with Crippen molar-refractivity contribution in [2.24, 2.45) is 0 Å². The molecule has 118 valence electrons. The largest absolute Gasteiger partial charge is 0.488 e. The lowest BCUT2D eigenvalue weighted by atomic mass is 9.84. The molecule has 3 heteroatoms. The van der Waals surface area contributed by atoms with Crippen LogP contribution in [0.25, 0.3) is 0 Å². The van der Waals surface area contributed by atoms with Crippen LogP contribution in [0.2, 0.25) is 0 Å². The SMILES string of the molecule is CCNC1CC(Oc2cccc(C(C)(C)C)c2)C1OCC. The van der Waals surface area contributed by atoms with Crippen molar-refractivity contribution < 1.29 is 9.47 Å². The van der Waals surface area contributed by atoms with Gasteiger partial charge in [0.25, 0.3) is 0 Å². The maximum absolute atomic E-state index is 6.16. The van der Waals surface area contributed by atoms with Crippen LogP contribution in [0, 0.1) is 0 Å². The summed E-state index contributed by atoms with van der Waals surface area (Å²) in [6.45, 7) is 12.5. The van der Waals surface area contributed by atoms with Crippen molar-refractivity contribution in [2.75, 3.05) is 13.2 Å². The molecule has 0 amide bonds. The molecule has 0 radical (unpaired) electrons. The highest BCUT2D eigenvalue weighted by Crippen LogP contribution is 2.31. The van der Waals surface area contributed by atoms with Crippen molar-refractivity contribution in [3.05, 3.63) is 29.8 Å². The molecule has 1 aliphatic rings. The number of nitrogens with one attached hydrogen (secondary N) is 1. The number of benzene rings is 1. The van der Waals surface area contributed by atoms with Crippen LogP contribution < -0.4 is 10.1 Å². The Balaban J connectivity index is 2.01. The van der Waals surface area contributed by atoms with E-state index in [0.29, 0.717) is 6.04 Å². The molecule has 1 fully saturated rings. The molecule has 0 saturated heterocycles. The van der Waals surface area contributed by atoms with Crippen molar-refractivity contribution >= 4 is 0 Å². The average molecular weight is 291 g/mol. The molecule has 1 aromatic carbocycles. The van der Waals surface area contributed by atoms with Crippen LogP contribution in [0.1, 0.15) is 46.6 Å². The Labute approximate surface area is 129 Å². The number of hydrogen-bond donors (Lipinski definition) is 1. The monoisotopic (exact) mass is 291 g/mol. The predicted octanol–water partition coefficient (Wildman–Crippen LogP) is 3.52. The van der Waals surface area contributed by atoms with Gasteiger partial charge in [-0.05, 0) is 36.6 Å². The molecule has 0 aromatic heterocycles. The summed E-state index contributed by atoms with van der Waals surface area (Å²) in [5.74, 6) is 0.951. The van der Waals surface area contributed by atoms with Gasteiger partial charge in [0.2, 0.25) is 0 Å². The Bertz CT molecular complexity index is 453. The maximum Gasteiger partial charge on any atom is 0.128 e. The van der Waals surface area contributed by atoms with Crippen molar-refractivity contribution in [3.8, 4) is 5.75 Å². The van der Waals surface area contributed by atoms with E-state index < -0.39 is 0 Å². The van der Waals surface area contributed by atoms with Gasteiger partial charge in [-0.3, -0.25) is 0 Å². The lowest BCUT2D eigenvalue weighted by molar-refractivity contribution is -0.104. The molecule has 21 heavy (non-hydrogen) atoms. The lowest BCUT2D eigenvalue weighted by Gasteiger charge is -2.44. The Hall–Kier alpha value is -1.06. The fourth-order valence-electron chi connectivity index (χ4n) is 2.79. The molecule has 1 aliphatic carbocycles. The zero-order chi connectivity index (χ0) is 15.5. The standard InChI is InChI=1S/C18H29NO2/c1-6-19-15-12-16(17(15)20-7-2)21-14-10-8-9-13(11-14)18(3,4)5/h8-11,15-17,19H,6-7,12H2,1-5H3. The van der Waals surface area contributed by atoms with E-state index in [9.17, 15) is 0 Å². The van der Waals surface area contributed by atoms with Crippen molar-refractivity contribution in [1.82, 2.24) is 5.32 Å². The first-order valence-electron chi connectivity index (χ1n) is 8.08. The third-order valence-electron chi connectivity index (χ3n) is 4.06. The summed E-state index contributed by atoms with van der Waals surface area (Å²) < 4.78 is 12.0. The van der Waals surface area contributed by atoms with E-state index in [-0.39, 0.29) is 17.6 Å². The summed E-state index contributed by atoms with van der Waals surface area (Å²) in [4.78, 5) is 0. The molecule has 1 saturated carbocycles. The predicted molar refractivity (Wildman–Crippen MR) is 87.1 cm³/mol. The third kappa shape index (κ3) is 3.98. The van der Waals surface area contributed by atoms with Gasteiger partial charge in [0, 0.05) is 19.1 Å². The normalized spacial score (nSPS) is 25.5. The fourth-order valence-corrected chi connectivity index (χ4v) is 2.79. The molecule has 3 nitrogen and oxygen atoms in total. The molecule has 3 atom stereocenters. The summed E-state index contributed by atoms with van der Waals surface area (Å²) in [7, 11) is 0. The minimum absolute atomic E-state index is 0.143. The van der Waals surface area contributed by atoms with E-state index in [1.807, 2.05) is 13.0 Å². The smallest absolute Gasteiger partial charge is 0.128 e. The number of hydrogen-bond acceptors (Lipinski definition) is 3. The zero-order valence-corrected chi connectivity index (χ0v) is 14.0. The fraction of sp³-hybridized carbons (Fsp3) is 0.667. The van der Waals surface area contributed by atoms with Crippen molar-refractivity contribution in [2.45, 2.75) is 64.7 Å². The highest BCUT2D eigenvalue weighted by molar-refractivity contribution is 5.33. The van der Waals surface area contributed by atoms with E-state index >= 15 is 0 Å². The van der Waals surface area contributed by atoms with Crippen LogP contribution in [0.4, 0.5) is 0 Å². The summed E-state index contributed by atoms with van der Waals surface area (Å²) in [5.41, 5.74) is 1.44. The Morgan fingerprint density at radius 2 is 2.00 bits per heavy atom. The van der Waals surface area contributed by atoms with E-state index in [0.717, 1.165) is 25.3 Å². The van der Waals surface area contributed by atoms with Gasteiger partial charge in [0.05, 0.1) is 0 Å². The van der Waals surface area contributed by atoms with Crippen molar-refractivity contribution in [1.29, 1.82) is 0 Å². The molecule has 0 aliphatic heterocycles.